The van der Waals surface area contributed by atoms with E-state index in [1.807, 2.05) is 6.92 Å². The third kappa shape index (κ3) is 3.49. The van der Waals surface area contributed by atoms with Crippen molar-refractivity contribution in [1.29, 1.82) is 0 Å². The molecule has 0 aliphatic rings. The number of nitrogens with zero attached hydrogens (tertiary/aromatic N) is 2. The van der Waals surface area contributed by atoms with E-state index in [-0.39, 0.29) is 29.6 Å². The van der Waals surface area contributed by atoms with Crippen molar-refractivity contribution in [1.82, 2.24) is 9.21 Å². The number of benzene rings is 1. The Bertz CT molecular complexity index is 597. The van der Waals surface area contributed by atoms with Gasteiger partial charge in [-0.25, -0.2) is 8.42 Å². The van der Waals surface area contributed by atoms with E-state index < -0.39 is 10.0 Å². The molecule has 112 valence electrons. The predicted molar refractivity (Wildman–Crippen MR) is 78.7 cm³/mol. The van der Waals surface area contributed by atoms with Crippen LogP contribution >= 0.6 is 0 Å². The number of anilines is 1. The average Bonchev–Trinajstić information content (AvgIpc) is 2.34. The maximum atomic E-state index is 12.5. The molecule has 0 atom stereocenters. The smallest absolute Gasteiger partial charge is 0.245 e. The first-order chi connectivity index (χ1) is 9.20. The van der Waals surface area contributed by atoms with Gasteiger partial charge in [-0.3, -0.25) is 4.79 Å². The molecule has 0 heterocycles. The van der Waals surface area contributed by atoms with Crippen LogP contribution in [0.5, 0.6) is 0 Å². The number of rotatable bonds is 5. The minimum Gasteiger partial charge on any atom is -0.398 e. The van der Waals surface area contributed by atoms with E-state index >= 15 is 0 Å². The number of amides is 1. The third-order valence-corrected chi connectivity index (χ3v) is 4.94. The second-order valence-corrected chi connectivity index (χ2v) is 6.67. The number of nitrogen functional groups attached to an aromatic ring is 1. The highest BCUT2D eigenvalue weighted by Gasteiger charge is 2.27. The molecule has 0 saturated heterocycles. The molecule has 1 aromatic rings. The Kier molecular flexibility index (Phi) is 5.13. The summed E-state index contributed by atoms with van der Waals surface area (Å²) in [6, 6.07) is 4.77. The molecule has 0 spiro atoms. The molecule has 0 aromatic heterocycles. The molecule has 20 heavy (non-hydrogen) atoms. The van der Waals surface area contributed by atoms with Gasteiger partial charge in [0.2, 0.25) is 15.9 Å². The summed E-state index contributed by atoms with van der Waals surface area (Å²) in [7, 11) is -0.594. The number of carbonyl (C=O) groups is 1. The number of sulfonamides is 1. The van der Waals surface area contributed by atoms with Crippen LogP contribution in [0.3, 0.4) is 0 Å². The summed E-state index contributed by atoms with van der Waals surface area (Å²) in [5.74, 6) is -0.277. The highest BCUT2D eigenvalue weighted by Crippen LogP contribution is 2.23. The zero-order chi connectivity index (χ0) is 15.5. The predicted octanol–water partition coefficient (Wildman–Crippen LogP) is 0.676. The van der Waals surface area contributed by atoms with Crippen LogP contribution in [0.4, 0.5) is 5.69 Å². The molecule has 0 aliphatic carbocycles. The molecular weight excluding hydrogens is 278 g/mol. The Labute approximate surface area is 120 Å². The SMILES string of the molecule is CCN(CC(=O)N(C)C)S(=O)(=O)c1ccc(C)cc1N. The maximum absolute atomic E-state index is 12.5. The van der Waals surface area contributed by atoms with E-state index in [0.29, 0.717) is 0 Å². The highest BCUT2D eigenvalue weighted by molar-refractivity contribution is 7.89. The Balaban J connectivity index is 3.15. The van der Waals surface area contributed by atoms with Crippen molar-refractivity contribution in [3.05, 3.63) is 23.8 Å². The molecule has 0 bridgehead atoms. The summed E-state index contributed by atoms with van der Waals surface area (Å²) < 4.78 is 26.2. The quantitative estimate of drug-likeness (QED) is 0.810. The zero-order valence-corrected chi connectivity index (χ0v) is 13.1. The number of hydrogen-bond donors (Lipinski definition) is 1. The lowest BCUT2D eigenvalue weighted by Gasteiger charge is -2.22. The first-order valence-electron chi connectivity index (χ1n) is 6.26. The largest absolute Gasteiger partial charge is 0.398 e. The van der Waals surface area contributed by atoms with E-state index in [0.717, 1.165) is 9.87 Å². The van der Waals surface area contributed by atoms with Crippen LogP contribution in [0.15, 0.2) is 23.1 Å². The molecule has 0 saturated carbocycles. The molecule has 0 aliphatic heterocycles. The standard InChI is InChI=1S/C13H21N3O3S/c1-5-16(9-13(17)15(3)4)20(18,19)12-7-6-10(2)8-11(12)14/h6-8H,5,9,14H2,1-4H3. The van der Waals surface area contributed by atoms with Crippen molar-refractivity contribution in [2.24, 2.45) is 0 Å². The van der Waals surface area contributed by atoms with Gasteiger partial charge in [-0.15, -0.1) is 0 Å². The molecule has 1 amide bonds. The summed E-state index contributed by atoms with van der Waals surface area (Å²) in [5, 5.41) is 0. The van der Waals surface area contributed by atoms with Crippen LogP contribution in [-0.2, 0) is 14.8 Å². The molecular formula is C13H21N3O3S. The van der Waals surface area contributed by atoms with Gasteiger partial charge in [0.05, 0.1) is 12.2 Å². The Morgan fingerprint density at radius 2 is 1.90 bits per heavy atom. The Morgan fingerprint density at radius 1 is 1.30 bits per heavy atom. The van der Waals surface area contributed by atoms with Crippen LogP contribution in [0.25, 0.3) is 0 Å². The number of likely N-dealkylation sites (N-methyl/N-ethyl adjacent to an activating group) is 2. The fourth-order valence-electron chi connectivity index (χ4n) is 1.70. The first kappa shape index (κ1) is 16.5. The highest BCUT2D eigenvalue weighted by atomic mass is 32.2. The first-order valence-corrected chi connectivity index (χ1v) is 7.70. The van der Waals surface area contributed by atoms with E-state index in [2.05, 4.69) is 0 Å². The lowest BCUT2D eigenvalue weighted by Crippen LogP contribution is -2.40. The molecule has 1 rings (SSSR count). The van der Waals surface area contributed by atoms with Gasteiger partial charge >= 0.3 is 0 Å². The molecule has 1 aromatic carbocycles. The van der Waals surface area contributed by atoms with Crippen LogP contribution in [0, 0.1) is 6.92 Å². The molecule has 0 unspecified atom stereocenters. The van der Waals surface area contributed by atoms with Crippen LogP contribution < -0.4 is 5.73 Å². The second-order valence-electron chi connectivity index (χ2n) is 4.76. The molecule has 2 N–H and O–H groups in total. The van der Waals surface area contributed by atoms with Gasteiger partial charge in [-0.05, 0) is 24.6 Å². The summed E-state index contributed by atoms with van der Waals surface area (Å²) in [6.07, 6.45) is 0. The summed E-state index contributed by atoms with van der Waals surface area (Å²) in [6.45, 7) is 3.53. The van der Waals surface area contributed by atoms with Gasteiger partial charge in [0, 0.05) is 20.6 Å². The minimum atomic E-state index is -3.77. The van der Waals surface area contributed by atoms with Gasteiger partial charge < -0.3 is 10.6 Å². The van der Waals surface area contributed by atoms with Crippen molar-refractivity contribution in [3.63, 3.8) is 0 Å². The third-order valence-electron chi connectivity index (χ3n) is 2.95. The monoisotopic (exact) mass is 299 g/mol. The molecule has 7 heteroatoms. The second kappa shape index (κ2) is 6.23. The van der Waals surface area contributed by atoms with Gasteiger partial charge in [0.15, 0.2) is 0 Å². The van der Waals surface area contributed by atoms with Crippen LogP contribution in [-0.4, -0.2) is 50.7 Å². The van der Waals surface area contributed by atoms with Crippen molar-refractivity contribution in [2.45, 2.75) is 18.7 Å². The minimum absolute atomic E-state index is 0.0384. The van der Waals surface area contributed by atoms with E-state index in [4.69, 9.17) is 5.73 Å². The van der Waals surface area contributed by atoms with Crippen LogP contribution in [0.1, 0.15) is 12.5 Å². The fraction of sp³-hybridized carbons (Fsp3) is 0.462. The van der Waals surface area contributed by atoms with E-state index in [1.54, 1.807) is 33.2 Å². The van der Waals surface area contributed by atoms with Gasteiger partial charge in [0.25, 0.3) is 0 Å². The van der Waals surface area contributed by atoms with Crippen molar-refractivity contribution in [2.75, 3.05) is 32.9 Å². The Morgan fingerprint density at radius 3 is 2.35 bits per heavy atom. The van der Waals surface area contributed by atoms with Crippen LogP contribution in [0.2, 0.25) is 0 Å². The van der Waals surface area contributed by atoms with E-state index in [1.165, 1.54) is 11.0 Å². The number of hydrogen-bond acceptors (Lipinski definition) is 4. The lowest BCUT2D eigenvalue weighted by molar-refractivity contribution is -0.128. The summed E-state index contributed by atoms with van der Waals surface area (Å²) in [4.78, 5) is 13.1. The molecule has 0 fully saturated rings. The average molecular weight is 299 g/mol. The molecule has 0 radical (unpaired) electrons. The number of carbonyl (C=O) groups excluding carboxylic acids is 1. The van der Waals surface area contributed by atoms with Crippen molar-refractivity contribution in [3.8, 4) is 0 Å². The normalized spacial score (nSPS) is 11.7. The molecule has 6 nitrogen and oxygen atoms in total. The fourth-order valence-corrected chi connectivity index (χ4v) is 3.20. The maximum Gasteiger partial charge on any atom is 0.245 e. The zero-order valence-electron chi connectivity index (χ0n) is 12.3. The number of nitrogens with two attached hydrogens (primary N) is 1. The van der Waals surface area contributed by atoms with Gasteiger partial charge in [-0.1, -0.05) is 13.0 Å². The van der Waals surface area contributed by atoms with Gasteiger partial charge in [0.1, 0.15) is 4.90 Å². The number of aryl methyl sites for hydroxylation is 1. The topological polar surface area (TPSA) is 83.7 Å². The van der Waals surface area contributed by atoms with Crippen molar-refractivity contribution < 1.29 is 13.2 Å². The summed E-state index contributed by atoms with van der Waals surface area (Å²) in [5.41, 5.74) is 6.87. The van der Waals surface area contributed by atoms with E-state index in [9.17, 15) is 13.2 Å². The van der Waals surface area contributed by atoms with Gasteiger partial charge in [-0.2, -0.15) is 4.31 Å². The summed E-state index contributed by atoms with van der Waals surface area (Å²) >= 11 is 0. The lowest BCUT2D eigenvalue weighted by atomic mass is 10.2. The van der Waals surface area contributed by atoms with Crippen molar-refractivity contribution >= 4 is 21.6 Å². The Hall–Kier alpha value is -1.60.